The first-order valence-corrected chi connectivity index (χ1v) is 5.39. The third-order valence-corrected chi connectivity index (χ3v) is 2.40. The van der Waals surface area contributed by atoms with Crippen LogP contribution in [0.4, 0.5) is 0 Å². The maximum atomic E-state index is 5.92. The molecular formula is C11H26N2. The molecule has 0 fully saturated rings. The van der Waals surface area contributed by atoms with Crippen molar-refractivity contribution in [3.63, 3.8) is 0 Å². The van der Waals surface area contributed by atoms with Crippen LogP contribution < -0.4 is 5.73 Å². The van der Waals surface area contributed by atoms with Crippen molar-refractivity contribution in [2.75, 3.05) is 13.1 Å². The second-order valence-corrected chi connectivity index (χ2v) is 4.81. The smallest absolute Gasteiger partial charge is 0.00975 e. The second-order valence-electron chi connectivity index (χ2n) is 4.81. The zero-order chi connectivity index (χ0) is 10.5. The van der Waals surface area contributed by atoms with Gasteiger partial charge in [0.2, 0.25) is 0 Å². The van der Waals surface area contributed by atoms with Gasteiger partial charge in [-0.05, 0) is 53.6 Å². The van der Waals surface area contributed by atoms with E-state index in [0.717, 1.165) is 13.0 Å². The van der Waals surface area contributed by atoms with Crippen molar-refractivity contribution in [2.24, 2.45) is 5.73 Å². The van der Waals surface area contributed by atoms with Gasteiger partial charge in [0.15, 0.2) is 0 Å². The van der Waals surface area contributed by atoms with Crippen LogP contribution in [0.3, 0.4) is 0 Å². The van der Waals surface area contributed by atoms with Crippen molar-refractivity contribution in [3.8, 4) is 0 Å². The summed E-state index contributed by atoms with van der Waals surface area (Å²) in [6, 6.07) is 0.658. The SMILES string of the molecule is CCN(CCCC(C)(C)N)C(C)C. The first-order chi connectivity index (χ1) is 5.87. The summed E-state index contributed by atoms with van der Waals surface area (Å²) < 4.78 is 0. The van der Waals surface area contributed by atoms with E-state index in [2.05, 4.69) is 39.5 Å². The van der Waals surface area contributed by atoms with Gasteiger partial charge < -0.3 is 10.6 Å². The normalized spacial score (nSPS) is 12.9. The molecule has 2 N–H and O–H groups in total. The molecule has 80 valence electrons. The molecule has 0 aromatic rings. The van der Waals surface area contributed by atoms with Crippen LogP contribution in [0.25, 0.3) is 0 Å². The van der Waals surface area contributed by atoms with Gasteiger partial charge in [0.1, 0.15) is 0 Å². The summed E-state index contributed by atoms with van der Waals surface area (Å²) in [5.41, 5.74) is 5.92. The van der Waals surface area contributed by atoms with Gasteiger partial charge in [-0.1, -0.05) is 6.92 Å². The Bertz CT molecular complexity index is 125. The molecule has 0 saturated heterocycles. The van der Waals surface area contributed by atoms with Crippen LogP contribution in [0.5, 0.6) is 0 Å². The molecule has 0 aromatic carbocycles. The molecule has 0 aliphatic heterocycles. The fourth-order valence-corrected chi connectivity index (χ4v) is 1.52. The molecule has 0 spiro atoms. The van der Waals surface area contributed by atoms with Crippen LogP contribution in [-0.4, -0.2) is 29.6 Å². The first kappa shape index (κ1) is 12.9. The van der Waals surface area contributed by atoms with Crippen LogP contribution in [0, 0.1) is 0 Å². The van der Waals surface area contributed by atoms with Crippen molar-refractivity contribution in [1.29, 1.82) is 0 Å². The van der Waals surface area contributed by atoms with Gasteiger partial charge in [-0.3, -0.25) is 0 Å². The van der Waals surface area contributed by atoms with Crippen molar-refractivity contribution in [1.82, 2.24) is 4.90 Å². The van der Waals surface area contributed by atoms with Gasteiger partial charge >= 0.3 is 0 Å². The van der Waals surface area contributed by atoms with Crippen molar-refractivity contribution in [3.05, 3.63) is 0 Å². The van der Waals surface area contributed by atoms with E-state index in [4.69, 9.17) is 5.73 Å². The molecule has 0 bridgehead atoms. The van der Waals surface area contributed by atoms with Crippen LogP contribution in [0.1, 0.15) is 47.5 Å². The number of rotatable bonds is 6. The molecule has 13 heavy (non-hydrogen) atoms. The summed E-state index contributed by atoms with van der Waals surface area (Å²) in [5.74, 6) is 0. The van der Waals surface area contributed by atoms with Gasteiger partial charge in [-0.2, -0.15) is 0 Å². The highest BCUT2D eigenvalue weighted by Crippen LogP contribution is 2.09. The topological polar surface area (TPSA) is 29.3 Å². The number of hydrogen-bond acceptors (Lipinski definition) is 2. The van der Waals surface area contributed by atoms with E-state index in [9.17, 15) is 0 Å². The predicted octanol–water partition coefficient (Wildman–Crippen LogP) is 2.23. The number of hydrogen-bond donors (Lipinski definition) is 1. The van der Waals surface area contributed by atoms with E-state index in [1.54, 1.807) is 0 Å². The lowest BCUT2D eigenvalue weighted by Crippen LogP contribution is -2.35. The van der Waals surface area contributed by atoms with Gasteiger partial charge in [0, 0.05) is 11.6 Å². The van der Waals surface area contributed by atoms with E-state index in [1.165, 1.54) is 13.0 Å². The van der Waals surface area contributed by atoms with Crippen LogP contribution in [0.2, 0.25) is 0 Å². The average molecular weight is 186 g/mol. The molecule has 0 atom stereocenters. The third kappa shape index (κ3) is 7.03. The van der Waals surface area contributed by atoms with E-state index in [-0.39, 0.29) is 5.54 Å². The van der Waals surface area contributed by atoms with E-state index in [1.807, 2.05) is 0 Å². The second kappa shape index (κ2) is 5.61. The minimum absolute atomic E-state index is 0.00358. The first-order valence-electron chi connectivity index (χ1n) is 5.39. The quantitative estimate of drug-likeness (QED) is 0.689. The van der Waals surface area contributed by atoms with Crippen molar-refractivity contribution >= 4 is 0 Å². The Balaban J connectivity index is 3.62. The summed E-state index contributed by atoms with van der Waals surface area (Å²) in [6.07, 6.45) is 2.31. The lowest BCUT2D eigenvalue weighted by molar-refractivity contribution is 0.222. The Hall–Kier alpha value is -0.0800. The summed E-state index contributed by atoms with van der Waals surface area (Å²) >= 11 is 0. The molecule has 0 aliphatic rings. The maximum Gasteiger partial charge on any atom is 0.00975 e. The molecule has 0 aromatic heterocycles. The fourth-order valence-electron chi connectivity index (χ4n) is 1.52. The molecule has 2 heteroatoms. The van der Waals surface area contributed by atoms with Crippen LogP contribution in [-0.2, 0) is 0 Å². The molecule has 0 saturated carbocycles. The molecule has 0 aliphatic carbocycles. The van der Waals surface area contributed by atoms with Crippen molar-refractivity contribution in [2.45, 2.75) is 59.0 Å². The van der Waals surface area contributed by atoms with E-state index >= 15 is 0 Å². The molecule has 2 nitrogen and oxygen atoms in total. The third-order valence-electron chi connectivity index (χ3n) is 2.40. The average Bonchev–Trinajstić information content (AvgIpc) is 1.95. The number of nitrogens with zero attached hydrogens (tertiary/aromatic N) is 1. The van der Waals surface area contributed by atoms with Crippen LogP contribution in [0.15, 0.2) is 0 Å². The Labute approximate surface area is 83.5 Å². The predicted molar refractivity (Wildman–Crippen MR) is 59.9 cm³/mol. The Morgan fingerprint density at radius 1 is 1.31 bits per heavy atom. The highest BCUT2D eigenvalue weighted by Gasteiger charge is 2.12. The summed E-state index contributed by atoms with van der Waals surface area (Å²) in [5, 5.41) is 0. The summed E-state index contributed by atoms with van der Waals surface area (Å²) in [4.78, 5) is 2.48. The van der Waals surface area contributed by atoms with E-state index < -0.39 is 0 Å². The van der Waals surface area contributed by atoms with Crippen molar-refractivity contribution < 1.29 is 0 Å². The number of nitrogens with two attached hydrogens (primary N) is 1. The molecular weight excluding hydrogens is 160 g/mol. The minimum Gasteiger partial charge on any atom is -0.326 e. The summed E-state index contributed by atoms with van der Waals surface area (Å²) in [7, 11) is 0. The summed E-state index contributed by atoms with van der Waals surface area (Å²) in [6.45, 7) is 13.2. The lowest BCUT2D eigenvalue weighted by Gasteiger charge is -2.26. The Morgan fingerprint density at radius 3 is 2.15 bits per heavy atom. The molecule has 0 radical (unpaired) electrons. The Kier molecular flexibility index (Phi) is 5.57. The van der Waals surface area contributed by atoms with Gasteiger partial charge in [0.05, 0.1) is 0 Å². The monoisotopic (exact) mass is 186 g/mol. The minimum atomic E-state index is -0.00358. The molecule has 0 heterocycles. The van der Waals surface area contributed by atoms with Gasteiger partial charge in [0.25, 0.3) is 0 Å². The maximum absolute atomic E-state index is 5.92. The standard InChI is InChI=1S/C11H26N2/c1-6-13(10(2)3)9-7-8-11(4,5)12/h10H,6-9,12H2,1-5H3. The lowest BCUT2D eigenvalue weighted by atomic mass is 10.00. The fraction of sp³-hybridized carbons (Fsp3) is 1.00. The highest BCUT2D eigenvalue weighted by atomic mass is 15.1. The van der Waals surface area contributed by atoms with Gasteiger partial charge in [-0.25, -0.2) is 0 Å². The van der Waals surface area contributed by atoms with Crippen LogP contribution >= 0.6 is 0 Å². The zero-order valence-electron chi connectivity index (χ0n) is 9.93. The largest absolute Gasteiger partial charge is 0.326 e. The van der Waals surface area contributed by atoms with E-state index in [0.29, 0.717) is 6.04 Å². The molecule has 0 unspecified atom stereocenters. The molecule has 0 amide bonds. The highest BCUT2D eigenvalue weighted by molar-refractivity contribution is 4.72. The Morgan fingerprint density at radius 2 is 1.85 bits per heavy atom. The van der Waals surface area contributed by atoms with Gasteiger partial charge in [-0.15, -0.1) is 0 Å². The molecule has 0 rings (SSSR count). The zero-order valence-corrected chi connectivity index (χ0v) is 9.93.